The van der Waals surface area contributed by atoms with Gasteiger partial charge in [0.25, 0.3) is 0 Å². The molecule has 1 fully saturated rings. The number of rotatable bonds is 11. The van der Waals surface area contributed by atoms with Crippen molar-refractivity contribution in [3.63, 3.8) is 0 Å². The molecule has 40 heavy (non-hydrogen) atoms. The SMILES string of the molecule is COc1ccc(-c2nnn(CC(=O)N(Cc3ccccc3Cl)[C@H](C(=O)NC[C@@H]3CCCO3)c3cccs3)n2)cc1. The van der Waals surface area contributed by atoms with Crippen LogP contribution in [0, 0.1) is 0 Å². The first-order chi connectivity index (χ1) is 19.5. The molecule has 0 bridgehead atoms. The van der Waals surface area contributed by atoms with Crippen LogP contribution < -0.4 is 10.1 Å². The van der Waals surface area contributed by atoms with E-state index in [4.69, 9.17) is 21.1 Å². The van der Waals surface area contributed by atoms with E-state index in [1.165, 1.54) is 21.0 Å². The number of ether oxygens (including phenoxy) is 2. The van der Waals surface area contributed by atoms with Crippen molar-refractivity contribution in [3.8, 4) is 17.1 Å². The number of tetrazole rings is 1. The van der Waals surface area contributed by atoms with Gasteiger partial charge in [-0.1, -0.05) is 35.9 Å². The highest BCUT2D eigenvalue weighted by molar-refractivity contribution is 7.10. The third kappa shape index (κ3) is 6.67. The zero-order chi connectivity index (χ0) is 27.9. The summed E-state index contributed by atoms with van der Waals surface area (Å²) >= 11 is 7.89. The molecule has 2 atom stereocenters. The van der Waals surface area contributed by atoms with Crippen molar-refractivity contribution < 1.29 is 19.1 Å². The maximum Gasteiger partial charge on any atom is 0.248 e. The monoisotopic (exact) mass is 580 g/mol. The van der Waals surface area contributed by atoms with Crippen LogP contribution in [0.4, 0.5) is 0 Å². The lowest BCUT2D eigenvalue weighted by molar-refractivity contribution is -0.142. The Bertz CT molecular complexity index is 1420. The van der Waals surface area contributed by atoms with E-state index in [2.05, 4.69) is 20.7 Å². The predicted octanol–water partition coefficient (Wildman–Crippen LogP) is 4.13. The standard InChI is InChI=1S/C28H29ClN6O4S/c1-38-21-12-10-19(11-13-21)27-31-33-35(32-27)18-25(36)34(17-20-6-2-3-8-23(20)29)26(24-9-5-15-40-24)28(37)30-16-22-7-4-14-39-22/h2-3,5-6,8-13,15,22,26H,4,7,14,16-18H2,1H3,(H,30,37)/t22-,26-/m0/s1. The molecule has 0 spiro atoms. The highest BCUT2D eigenvalue weighted by Crippen LogP contribution is 2.29. The summed E-state index contributed by atoms with van der Waals surface area (Å²) in [5.74, 6) is 0.434. The molecular formula is C28H29ClN6O4S. The molecule has 1 N–H and O–H groups in total. The number of carbonyl (C=O) groups excluding carboxylic acids is 2. The van der Waals surface area contributed by atoms with Gasteiger partial charge in [-0.3, -0.25) is 9.59 Å². The molecule has 2 amide bonds. The van der Waals surface area contributed by atoms with E-state index < -0.39 is 6.04 Å². The number of halogens is 1. The van der Waals surface area contributed by atoms with E-state index in [0.717, 1.165) is 28.8 Å². The fourth-order valence-electron chi connectivity index (χ4n) is 4.50. The summed E-state index contributed by atoms with van der Waals surface area (Å²) in [6, 6.07) is 17.3. The van der Waals surface area contributed by atoms with Crippen LogP contribution in [0.1, 0.15) is 29.3 Å². The van der Waals surface area contributed by atoms with Crippen molar-refractivity contribution in [2.24, 2.45) is 0 Å². The summed E-state index contributed by atoms with van der Waals surface area (Å²) in [6.45, 7) is 0.975. The number of benzene rings is 2. The van der Waals surface area contributed by atoms with Crippen LogP contribution in [-0.4, -0.2) is 63.3 Å². The molecule has 2 aromatic heterocycles. The average Bonchev–Trinajstić information content (AvgIpc) is 3.77. The Morgan fingerprint density at radius 3 is 2.73 bits per heavy atom. The van der Waals surface area contributed by atoms with Crippen molar-refractivity contribution in [2.45, 2.75) is 38.1 Å². The molecule has 1 saturated heterocycles. The van der Waals surface area contributed by atoms with E-state index in [9.17, 15) is 9.59 Å². The summed E-state index contributed by atoms with van der Waals surface area (Å²) in [5.41, 5.74) is 1.45. The Labute approximate surface area is 240 Å². The van der Waals surface area contributed by atoms with Crippen LogP contribution in [0.5, 0.6) is 5.75 Å². The third-order valence-corrected chi connectivity index (χ3v) is 7.89. The molecule has 208 valence electrons. The number of methoxy groups -OCH3 is 1. The second-order valence-electron chi connectivity index (χ2n) is 9.28. The zero-order valence-corrected chi connectivity index (χ0v) is 23.5. The van der Waals surface area contributed by atoms with Gasteiger partial charge in [0.05, 0.1) is 13.2 Å². The van der Waals surface area contributed by atoms with Crippen LogP contribution in [-0.2, 0) is 27.4 Å². The molecule has 1 aliphatic rings. The highest BCUT2D eigenvalue weighted by Gasteiger charge is 2.34. The fraction of sp³-hybridized carbons (Fsp3) is 0.321. The molecule has 0 aliphatic carbocycles. The van der Waals surface area contributed by atoms with E-state index in [1.807, 2.05) is 47.8 Å². The second-order valence-corrected chi connectivity index (χ2v) is 10.7. The minimum atomic E-state index is -0.880. The molecular weight excluding hydrogens is 552 g/mol. The third-order valence-electron chi connectivity index (χ3n) is 6.60. The van der Waals surface area contributed by atoms with E-state index >= 15 is 0 Å². The van der Waals surface area contributed by atoms with Gasteiger partial charge in [0.15, 0.2) is 0 Å². The Kier molecular flexibility index (Phi) is 9.04. The van der Waals surface area contributed by atoms with Gasteiger partial charge in [0, 0.05) is 35.2 Å². The topological polar surface area (TPSA) is 111 Å². The number of hydrogen-bond donors (Lipinski definition) is 1. The van der Waals surface area contributed by atoms with Gasteiger partial charge >= 0.3 is 0 Å². The summed E-state index contributed by atoms with van der Waals surface area (Å²) in [7, 11) is 1.59. The van der Waals surface area contributed by atoms with E-state index in [-0.39, 0.29) is 31.0 Å². The maximum atomic E-state index is 13.9. The molecule has 10 nitrogen and oxygen atoms in total. The van der Waals surface area contributed by atoms with Crippen molar-refractivity contribution in [2.75, 3.05) is 20.3 Å². The normalized spacial score (nSPS) is 15.5. The molecule has 0 saturated carbocycles. The summed E-state index contributed by atoms with van der Waals surface area (Å²) in [4.78, 5) is 31.1. The van der Waals surface area contributed by atoms with Gasteiger partial charge < -0.3 is 19.7 Å². The Balaban J connectivity index is 1.41. The van der Waals surface area contributed by atoms with Gasteiger partial charge in [-0.2, -0.15) is 4.80 Å². The summed E-state index contributed by atoms with van der Waals surface area (Å²) in [6.07, 6.45) is 1.83. The van der Waals surface area contributed by atoms with Crippen molar-refractivity contribution in [3.05, 3.63) is 81.5 Å². The van der Waals surface area contributed by atoms with Crippen LogP contribution in [0.3, 0.4) is 0 Å². The Hall–Kier alpha value is -3.80. The molecule has 0 radical (unpaired) electrons. The molecule has 2 aromatic carbocycles. The first-order valence-electron chi connectivity index (χ1n) is 12.9. The molecule has 5 rings (SSSR count). The van der Waals surface area contributed by atoms with Crippen LogP contribution in [0.25, 0.3) is 11.4 Å². The van der Waals surface area contributed by atoms with Gasteiger partial charge in [0.1, 0.15) is 18.3 Å². The first-order valence-corrected chi connectivity index (χ1v) is 14.2. The number of hydrogen-bond acceptors (Lipinski definition) is 8. The van der Waals surface area contributed by atoms with E-state index in [0.29, 0.717) is 29.7 Å². The predicted molar refractivity (Wildman–Crippen MR) is 151 cm³/mol. The van der Waals surface area contributed by atoms with Gasteiger partial charge in [0.2, 0.25) is 17.6 Å². The molecule has 3 heterocycles. The van der Waals surface area contributed by atoms with Crippen LogP contribution in [0.2, 0.25) is 5.02 Å². The summed E-state index contributed by atoms with van der Waals surface area (Å²) < 4.78 is 10.9. The minimum absolute atomic E-state index is 0.0311. The largest absolute Gasteiger partial charge is 0.497 e. The fourth-order valence-corrected chi connectivity index (χ4v) is 5.53. The highest BCUT2D eigenvalue weighted by atomic mass is 35.5. The van der Waals surface area contributed by atoms with Crippen molar-refractivity contribution in [1.29, 1.82) is 0 Å². The van der Waals surface area contributed by atoms with Gasteiger partial charge in [-0.15, -0.1) is 21.5 Å². The molecule has 12 heteroatoms. The number of thiophene rings is 1. The first kappa shape index (κ1) is 27.8. The van der Waals surface area contributed by atoms with Gasteiger partial charge in [-0.25, -0.2) is 0 Å². The second kappa shape index (κ2) is 13.0. The average molecular weight is 581 g/mol. The van der Waals surface area contributed by atoms with Crippen LogP contribution in [0.15, 0.2) is 66.0 Å². The van der Waals surface area contributed by atoms with Gasteiger partial charge in [-0.05, 0) is 65.4 Å². The molecule has 4 aromatic rings. The lowest BCUT2D eigenvalue weighted by Crippen LogP contribution is -2.45. The summed E-state index contributed by atoms with van der Waals surface area (Å²) in [5, 5.41) is 18.0. The number of nitrogens with zero attached hydrogens (tertiary/aromatic N) is 5. The smallest absolute Gasteiger partial charge is 0.248 e. The number of amides is 2. The van der Waals surface area contributed by atoms with Crippen LogP contribution >= 0.6 is 22.9 Å². The number of aromatic nitrogens is 4. The molecule has 1 aliphatic heterocycles. The van der Waals surface area contributed by atoms with E-state index in [1.54, 1.807) is 25.3 Å². The number of nitrogens with one attached hydrogen (secondary N) is 1. The lowest BCUT2D eigenvalue weighted by Gasteiger charge is -2.31. The molecule has 0 unspecified atom stereocenters. The van der Waals surface area contributed by atoms with Crippen molar-refractivity contribution >= 4 is 34.8 Å². The Morgan fingerprint density at radius 1 is 1.20 bits per heavy atom. The number of carbonyl (C=O) groups is 2. The quantitative estimate of drug-likeness (QED) is 0.284. The van der Waals surface area contributed by atoms with Crippen molar-refractivity contribution in [1.82, 2.24) is 30.4 Å². The zero-order valence-electron chi connectivity index (χ0n) is 21.9. The minimum Gasteiger partial charge on any atom is -0.497 e. The lowest BCUT2D eigenvalue weighted by atomic mass is 10.1. The Morgan fingerprint density at radius 2 is 2.02 bits per heavy atom. The maximum absolute atomic E-state index is 13.9.